The first kappa shape index (κ1) is 26.6. The Morgan fingerprint density at radius 2 is 1.39 bits per heavy atom. The molecule has 1 aliphatic heterocycles. The van der Waals surface area contributed by atoms with Gasteiger partial charge >= 0.3 is 0 Å². The topological polar surface area (TPSA) is 18.5 Å². The van der Waals surface area contributed by atoms with Crippen LogP contribution in [-0.2, 0) is 15.4 Å². The summed E-state index contributed by atoms with van der Waals surface area (Å²) in [4.78, 5) is -0.369. The fourth-order valence-electron chi connectivity index (χ4n) is 4.53. The molecule has 0 N–H and O–H groups in total. The predicted octanol–water partition coefficient (Wildman–Crippen LogP) is 9.70. The van der Waals surface area contributed by atoms with E-state index < -0.39 is 0 Å². The molecule has 0 aromatic heterocycles. The number of alkyl halides is 1. The summed E-state index contributed by atoms with van der Waals surface area (Å²) >= 11 is 7.44. The average Bonchev–Trinajstić information content (AvgIpc) is 2.58. The van der Waals surface area contributed by atoms with E-state index in [4.69, 9.17) is 20.6 Å². The van der Waals surface area contributed by atoms with Gasteiger partial charge in [0.15, 0.2) is 0 Å². The molecule has 2 nitrogen and oxygen atoms in total. The van der Waals surface area contributed by atoms with Crippen molar-refractivity contribution in [3.05, 3.63) is 45.7 Å². The maximum Gasteiger partial charge on any atom is 0.275 e. The lowest BCUT2D eigenvalue weighted by molar-refractivity contribution is 0.235. The zero-order valence-corrected chi connectivity index (χ0v) is 24.6. The minimum absolute atomic E-state index is 0.0398. The van der Waals surface area contributed by atoms with Crippen molar-refractivity contribution in [3.63, 3.8) is 0 Å². The standard InChI is InChI=1S/C29H44ClO2P/c1-25(2,3)20-14-18-13-19-16-29(30,28(10,11)12)17-22(27(7,8)9)24(19)32-33-31-23(18)21(15-20)26(4,5)6/h13-15,33H,16-17H2,1-12H3/b19-13-. The van der Waals surface area contributed by atoms with E-state index in [0.717, 1.165) is 29.9 Å². The van der Waals surface area contributed by atoms with Crippen molar-refractivity contribution >= 4 is 26.7 Å². The zero-order valence-electron chi connectivity index (χ0n) is 22.8. The Balaban J connectivity index is 2.35. The summed E-state index contributed by atoms with van der Waals surface area (Å²) in [5.41, 5.74) is 6.06. The summed E-state index contributed by atoms with van der Waals surface area (Å²) in [6, 6.07) is 4.63. The Hall–Kier alpha value is -0.980. The van der Waals surface area contributed by atoms with E-state index in [2.05, 4.69) is 101 Å². The molecule has 2 aliphatic rings. The normalized spacial score (nSPS) is 24.7. The lowest BCUT2D eigenvalue weighted by Gasteiger charge is -2.47. The molecule has 1 aliphatic carbocycles. The highest BCUT2D eigenvalue weighted by Gasteiger charge is 2.48. The van der Waals surface area contributed by atoms with Crippen LogP contribution in [0.3, 0.4) is 0 Å². The Labute approximate surface area is 209 Å². The molecule has 0 saturated carbocycles. The van der Waals surface area contributed by atoms with Gasteiger partial charge in [-0.2, -0.15) is 0 Å². The van der Waals surface area contributed by atoms with Crippen molar-refractivity contribution in [1.29, 1.82) is 0 Å². The van der Waals surface area contributed by atoms with E-state index >= 15 is 0 Å². The molecule has 0 amide bonds. The van der Waals surface area contributed by atoms with Gasteiger partial charge in [-0.25, -0.2) is 0 Å². The van der Waals surface area contributed by atoms with Crippen molar-refractivity contribution in [2.24, 2.45) is 10.8 Å². The predicted molar refractivity (Wildman–Crippen MR) is 146 cm³/mol. The summed E-state index contributed by atoms with van der Waals surface area (Å²) in [6.07, 6.45) is 3.90. The second kappa shape index (κ2) is 8.30. The third kappa shape index (κ3) is 5.33. The van der Waals surface area contributed by atoms with Crippen LogP contribution in [0.15, 0.2) is 29.0 Å². The fraction of sp³-hybridized carbons (Fsp3) is 0.655. The lowest BCUT2D eigenvalue weighted by atomic mass is 9.65. The fourth-order valence-corrected chi connectivity index (χ4v) is 5.50. The van der Waals surface area contributed by atoms with E-state index in [-0.39, 0.29) is 35.6 Å². The monoisotopic (exact) mass is 490 g/mol. The maximum absolute atomic E-state index is 7.44. The molecule has 0 saturated heterocycles. The molecule has 0 spiro atoms. The number of allylic oxidation sites excluding steroid dienone is 2. The lowest BCUT2D eigenvalue weighted by Crippen LogP contribution is -2.42. The minimum atomic E-state index is -0.369. The molecule has 1 aromatic rings. The Morgan fingerprint density at radius 3 is 1.88 bits per heavy atom. The van der Waals surface area contributed by atoms with E-state index in [0.29, 0.717) is 0 Å². The van der Waals surface area contributed by atoms with E-state index in [9.17, 15) is 0 Å². The van der Waals surface area contributed by atoms with Gasteiger partial charge in [0.2, 0.25) is 0 Å². The number of hydrogen-bond donors (Lipinski definition) is 0. The van der Waals surface area contributed by atoms with E-state index in [1.807, 2.05) is 0 Å². The summed E-state index contributed by atoms with van der Waals surface area (Å²) in [5.74, 6) is 1.93. The Kier molecular flexibility index (Phi) is 6.70. The van der Waals surface area contributed by atoms with Gasteiger partial charge < -0.3 is 9.05 Å². The molecule has 0 fully saturated rings. The summed E-state index contributed by atoms with van der Waals surface area (Å²) < 4.78 is 12.8. The highest BCUT2D eigenvalue weighted by atomic mass is 35.5. The van der Waals surface area contributed by atoms with Crippen molar-refractivity contribution in [1.82, 2.24) is 0 Å². The van der Waals surface area contributed by atoms with Gasteiger partial charge in [0, 0.05) is 11.1 Å². The smallest absolute Gasteiger partial charge is 0.275 e. The number of hydrogen-bond acceptors (Lipinski definition) is 2. The first-order chi connectivity index (χ1) is 14.7. The van der Waals surface area contributed by atoms with Crippen LogP contribution < -0.4 is 4.52 Å². The van der Waals surface area contributed by atoms with Crippen LogP contribution in [0.25, 0.3) is 6.08 Å². The van der Waals surface area contributed by atoms with E-state index in [1.54, 1.807) is 0 Å². The molecule has 0 radical (unpaired) electrons. The molecule has 1 aromatic carbocycles. The molecule has 1 heterocycles. The largest absolute Gasteiger partial charge is 0.440 e. The number of rotatable bonds is 0. The summed E-state index contributed by atoms with van der Waals surface area (Å²) in [6.45, 7) is 27.1. The van der Waals surface area contributed by atoms with Gasteiger partial charge in [-0.1, -0.05) is 89.2 Å². The molecule has 0 bridgehead atoms. The quantitative estimate of drug-likeness (QED) is 0.266. The van der Waals surface area contributed by atoms with Crippen LogP contribution in [0.2, 0.25) is 0 Å². The van der Waals surface area contributed by atoms with Crippen LogP contribution >= 0.6 is 20.6 Å². The molecule has 4 heteroatoms. The third-order valence-corrected chi connectivity index (χ3v) is 8.56. The first-order valence-corrected chi connectivity index (χ1v) is 13.3. The molecule has 2 atom stereocenters. The SMILES string of the molecule is CC(C)(C)C1=C2OPOc3c(cc(C(C)(C)C)cc3C(C)(C)C)/C=C\2CC(Cl)(C(C)(C)C)C1. The number of fused-ring (bicyclic) bond motifs is 2. The highest BCUT2D eigenvalue weighted by molar-refractivity contribution is 7.26. The van der Waals surface area contributed by atoms with Gasteiger partial charge in [0.25, 0.3) is 9.03 Å². The van der Waals surface area contributed by atoms with Crippen LogP contribution in [-0.4, -0.2) is 4.87 Å². The molecular weight excluding hydrogens is 447 g/mol. The van der Waals surface area contributed by atoms with Crippen molar-refractivity contribution in [2.75, 3.05) is 0 Å². The second-order valence-electron chi connectivity index (χ2n) is 14.0. The van der Waals surface area contributed by atoms with Gasteiger partial charge in [0.05, 0.1) is 4.87 Å². The summed E-state index contributed by atoms with van der Waals surface area (Å²) in [7, 11) is -0.0818. The average molecular weight is 491 g/mol. The van der Waals surface area contributed by atoms with E-state index in [1.165, 1.54) is 22.3 Å². The number of benzene rings is 1. The van der Waals surface area contributed by atoms with Crippen molar-refractivity contribution < 1.29 is 9.05 Å². The van der Waals surface area contributed by atoms with Gasteiger partial charge in [-0.05, 0) is 63.4 Å². The van der Waals surface area contributed by atoms with Crippen LogP contribution in [0.5, 0.6) is 5.75 Å². The Bertz CT molecular complexity index is 991. The maximum atomic E-state index is 7.44. The summed E-state index contributed by atoms with van der Waals surface area (Å²) in [5, 5.41) is 0. The van der Waals surface area contributed by atoms with Gasteiger partial charge in [-0.3, -0.25) is 0 Å². The van der Waals surface area contributed by atoms with Crippen LogP contribution in [0.1, 0.15) is 113 Å². The third-order valence-electron chi connectivity index (χ3n) is 7.15. The van der Waals surface area contributed by atoms with Gasteiger partial charge in [-0.15, -0.1) is 11.6 Å². The van der Waals surface area contributed by atoms with Crippen LogP contribution in [0, 0.1) is 10.8 Å². The molecular formula is C29H44ClO2P. The first-order valence-electron chi connectivity index (χ1n) is 12.2. The minimum Gasteiger partial charge on any atom is -0.440 e. The number of halogens is 1. The second-order valence-corrected chi connectivity index (χ2v) is 15.3. The molecule has 184 valence electrons. The zero-order chi connectivity index (χ0) is 25.2. The van der Waals surface area contributed by atoms with Gasteiger partial charge in [0.1, 0.15) is 11.5 Å². The Morgan fingerprint density at radius 1 is 0.788 bits per heavy atom. The van der Waals surface area contributed by atoms with Crippen LogP contribution in [0.4, 0.5) is 0 Å². The van der Waals surface area contributed by atoms with Crippen molar-refractivity contribution in [3.8, 4) is 5.75 Å². The molecule has 33 heavy (non-hydrogen) atoms. The molecule has 3 rings (SSSR count). The van der Waals surface area contributed by atoms with Crippen molar-refractivity contribution in [2.45, 2.75) is 112 Å². The highest BCUT2D eigenvalue weighted by Crippen LogP contribution is 2.56. The molecule has 2 unspecified atom stereocenters.